The Balaban J connectivity index is 2.96. The Morgan fingerprint density at radius 1 is 1.38 bits per heavy atom. The van der Waals surface area contributed by atoms with E-state index in [0.717, 1.165) is 24.8 Å². The summed E-state index contributed by atoms with van der Waals surface area (Å²) in [5.74, 6) is 0. The van der Waals surface area contributed by atoms with Crippen molar-refractivity contribution in [3.05, 3.63) is 34.8 Å². The summed E-state index contributed by atoms with van der Waals surface area (Å²) in [7, 11) is -3.29. The molecule has 0 saturated carbocycles. The van der Waals surface area contributed by atoms with E-state index in [-0.39, 0.29) is 0 Å². The highest BCUT2D eigenvalue weighted by Crippen LogP contribution is 2.20. The van der Waals surface area contributed by atoms with Crippen molar-refractivity contribution >= 4 is 10.0 Å². The molecule has 1 aliphatic rings. The molecule has 0 bridgehead atoms. The monoisotopic (exact) mass is 241 g/mol. The number of sulfonamides is 1. The quantitative estimate of drug-likeness (QED) is 0.772. The van der Waals surface area contributed by atoms with Crippen molar-refractivity contribution in [3.8, 4) is 0 Å². The van der Waals surface area contributed by atoms with Crippen molar-refractivity contribution in [2.75, 3.05) is 6.54 Å². The molecule has 0 spiro atoms. The zero-order chi connectivity index (χ0) is 12.0. The predicted octanol–water partition coefficient (Wildman–Crippen LogP) is 2.50. The van der Waals surface area contributed by atoms with Crippen LogP contribution >= 0.6 is 0 Å². The maximum atomic E-state index is 11.8. The van der Waals surface area contributed by atoms with Crippen molar-refractivity contribution in [2.24, 2.45) is 0 Å². The van der Waals surface area contributed by atoms with Crippen LogP contribution in [0.25, 0.3) is 0 Å². The van der Waals surface area contributed by atoms with Gasteiger partial charge >= 0.3 is 0 Å². The van der Waals surface area contributed by atoms with Gasteiger partial charge in [0.2, 0.25) is 10.0 Å². The van der Waals surface area contributed by atoms with Gasteiger partial charge in [-0.2, -0.15) is 0 Å². The fourth-order valence-electron chi connectivity index (χ4n) is 1.58. The summed E-state index contributed by atoms with van der Waals surface area (Å²) in [5.41, 5.74) is 0.936. The number of rotatable bonds is 3. The van der Waals surface area contributed by atoms with Gasteiger partial charge in [0.1, 0.15) is 0 Å². The zero-order valence-electron chi connectivity index (χ0n) is 9.86. The lowest BCUT2D eigenvalue weighted by molar-refractivity contribution is 0.589. The number of hydrogen-bond acceptors (Lipinski definition) is 2. The normalized spacial score (nSPS) is 21.9. The lowest BCUT2D eigenvalue weighted by Crippen LogP contribution is -2.23. The zero-order valence-corrected chi connectivity index (χ0v) is 10.7. The minimum atomic E-state index is -3.29. The molecule has 1 heterocycles. The fourth-order valence-corrected chi connectivity index (χ4v) is 2.97. The topological polar surface area (TPSA) is 46.2 Å². The summed E-state index contributed by atoms with van der Waals surface area (Å²) in [6, 6.07) is 0. The van der Waals surface area contributed by atoms with Crippen LogP contribution < -0.4 is 4.72 Å². The van der Waals surface area contributed by atoms with Gasteiger partial charge in [0.05, 0.1) is 4.91 Å². The lowest BCUT2D eigenvalue weighted by atomic mass is 10.1. The van der Waals surface area contributed by atoms with E-state index in [0.29, 0.717) is 11.4 Å². The largest absolute Gasteiger partial charge is 0.240 e. The van der Waals surface area contributed by atoms with Gasteiger partial charge in [-0.1, -0.05) is 30.7 Å². The smallest absolute Gasteiger partial charge is 0.211 e. The van der Waals surface area contributed by atoms with Crippen LogP contribution in [0.5, 0.6) is 0 Å². The van der Waals surface area contributed by atoms with E-state index in [1.165, 1.54) is 0 Å². The number of allylic oxidation sites excluding steroid dienone is 5. The van der Waals surface area contributed by atoms with Crippen LogP contribution in [0.1, 0.15) is 33.1 Å². The summed E-state index contributed by atoms with van der Waals surface area (Å²) in [4.78, 5) is 0.422. The number of hydrogen-bond donors (Lipinski definition) is 1. The van der Waals surface area contributed by atoms with Gasteiger partial charge in [0, 0.05) is 6.54 Å². The minimum Gasteiger partial charge on any atom is -0.211 e. The predicted molar refractivity (Wildman–Crippen MR) is 67.4 cm³/mol. The van der Waals surface area contributed by atoms with E-state index in [4.69, 9.17) is 0 Å². The first-order chi connectivity index (χ1) is 7.58. The molecule has 1 aliphatic heterocycles. The average molecular weight is 241 g/mol. The molecular weight excluding hydrogens is 222 g/mol. The van der Waals surface area contributed by atoms with E-state index in [2.05, 4.69) is 4.72 Å². The molecule has 1 N–H and O–H groups in total. The van der Waals surface area contributed by atoms with Gasteiger partial charge < -0.3 is 0 Å². The molecule has 0 unspecified atom stereocenters. The molecule has 0 fully saturated rings. The third-order valence-corrected chi connectivity index (χ3v) is 4.11. The van der Waals surface area contributed by atoms with Gasteiger partial charge in [0.25, 0.3) is 0 Å². The molecule has 3 nitrogen and oxygen atoms in total. The molecule has 0 aromatic carbocycles. The molecule has 0 atom stereocenters. The van der Waals surface area contributed by atoms with Crippen molar-refractivity contribution in [1.29, 1.82) is 0 Å². The van der Waals surface area contributed by atoms with Crippen LogP contribution in [0.3, 0.4) is 0 Å². The second kappa shape index (κ2) is 6.01. The van der Waals surface area contributed by atoms with Crippen LogP contribution in [0.4, 0.5) is 0 Å². The number of nitrogens with one attached hydrogen (secondary N) is 1. The molecule has 0 amide bonds. The third kappa shape index (κ3) is 3.61. The fraction of sp³-hybridized carbons (Fsp3) is 0.500. The van der Waals surface area contributed by atoms with Crippen molar-refractivity contribution in [1.82, 2.24) is 4.72 Å². The molecule has 0 aromatic rings. The Morgan fingerprint density at radius 2 is 2.12 bits per heavy atom. The van der Waals surface area contributed by atoms with Crippen LogP contribution in [-0.2, 0) is 10.0 Å². The van der Waals surface area contributed by atoms with E-state index in [1.54, 1.807) is 12.2 Å². The van der Waals surface area contributed by atoms with Gasteiger partial charge in [0.15, 0.2) is 0 Å². The SMILES string of the molecule is CC/C=C/C=C\C1=C(C)CCCNS1(=O)=O. The van der Waals surface area contributed by atoms with Crippen molar-refractivity contribution in [2.45, 2.75) is 33.1 Å². The second-order valence-electron chi connectivity index (χ2n) is 3.84. The molecule has 90 valence electrons. The Labute approximate surface area is 98.0 Å². The van der Waals surface area contributed by atoms with Crippen LogP contribution in [0.2, 0.25) is 0 Å². The van der Waals surface area contributed by atoms with Crippen LogP contribution in [0, 0.1) is 0 Å². The molecule has 16 heavy (non-hydrogen) atoms. The van der Waals surface area contributed by atoms with E-state index in [1.807, 2.05) is 26.0 Å². The molecule has 4 heteroatoms. The van der Waals surface area contributed by atoms with Crippen LogP contribution in [-0.4, -0.2) is 15.0 Å². The molecule has 0 saturated heterocycles. The van der Waals surface area contributed by atoms with Gasteiger partial charge in [-0.05, 0) is 32.3 Å². The molecule has 1 rings (SSSR count). The summed E-state index contributed by atoms with van der Waals surface area (Å²) in [6.07, 6.45) is 9.98. The second-order valence-corrected chi connectivity index (χ2v) is 5.58. The summed E-state index contributed by atoms with van der Waals surface area (Å²) >= 11 is 0. The van der Waals surface area contributed by atoms with Gasteiger partial charge in [-0.15, -0.1) is 0 Å². The minimum absolute atomic E-state index is 0.422. The van der Waals surface area contributed by atoms with E-state index in [9.17, 15) is 8.42 Å². The lowest BCUT2D eigenvalue weighted by Gasteiger charge is -2.04. The Kier molecular flexibility index (Phi) is 4.96. The maximum absolute atomic E-state index is 11.8. The van der Waals surface area contributed by atoms with Crippen molar-refractivity contribution in [3.63, 3.8) is 0 Å². The summed E-state index contributed by atoms with van der Waals surface area (Å²) in [5, 5.41) is 0. The highest BCUT2D eigenvalue weighted by Gasteiger charge is 2.19. The molecular formula is C12H19NO2S. The first-order valence-corrected chi connectivity index (χ1v) is 7.09. The Bertz CT molecular complexity index is 416. The first-order valence-electron chi connectivity index (χ1n) is 5.60. The summed E-state index contributed by atoms with van der Waals surface area (Å²) < 4.78 is 26.2. The van der Waals surface area contributed by atoms with Crippen LogP contribution in [0.15, 0.2) is 34.8 Å². The molecule has 0 radical (unpaired) electrons. The Morgan fingerprint density at radius 3 is 2.81 bits per heavy atom. The molecule has 0 aromatic heterocycles. The highest BCUT2D eigenvalue weighted by molar-refractivity contribution is 7.93. The van der Waals surface area contributed by atoms with Gasteiger partial charge in [-0.25, -0.2) is 13.1 Å². The average Bonchev–Trinajstić information content (AvgIpc) is 2.35. The Hall–Kier alpha value is -0.870. The van der Waals surface area contributed by atoms with Crippen molar-refractivity contribution < 1.29 is 8.42 Å². The third-order valence-electron chi connectivity index (χ3n) is 2.46. The maximum Gasteiger partial charge on any atom is 0.240 e. The first kappa shape index (κ1) is 13.2. The highest BCUT2D eigenvalue weighted by atomic mass is 32.2. The molecule has 0 aliphatic carbocycles. The van der Waals surface area contributed by atoms with E-state index >= 15 is 0 Å². The van der Waals surface area contributed by atoms with E-state index < -0.39 is 10.0 Å². The standard InChI is InChI=1S/C12H19NO2S/c1-3-4-5-6-9-12-11(2)8-7-10-13-16(12,14)15/h4-6,9,13H,3,7-8,10H2,1-2H3/b5-4+,9-6-. The van der Waals surface area contributed by atoms with Gasteiger partial charge in [-0.3, -0.25) is 0 Å². The summed E-state index contributed by atoms with van der Waals surface area (Å²) in [6.45, 7) is 4.45.